The van der Waals surface area contributed by atoms with Crippen molar-refractivity contribution in [3.8, 4) is 0 Å². The summed E-state index contributed by atoms with van der Waals surface area (Å²) >= 11 is 0. The topological polar surface area (TPSA) is 69.7 Å². The molecule has 1 unspecified atom stereocenters. The molecule has 1 N–H and O–H groups in total. The fourth-order valence-corrected chi connectivity index (χ4v) is 5.56. The van der Waals surface area contributed by atoms with E-state index in [4.69, 9.17) is 0 Å². The molecule has 0 aromatic heterocycles. The van der Waals surface area contributed by atoms with Gasteiger partial charge in [-0.1, -0.05) is 42.5 Å². The zero-order valence-corrected chi connectivity index (χ0v) is 17.6. The first kappa shape index (κ1) is 19.0. The second-order valence-corrected chi connectivity index (χ2v) is 8.74. The molecule has 3 heterocycles. The number of nitrogens with zero attached hydrogens (tertiary/aromatic N) is 2. The number of hydrogen-bond donors (Lipinski definition) is 1. The summed E-state index contributed by atoms with van der Waals surface area (Å²) < 4.78 is 0. The largest absolute Gasteiger partial charge is 0.364 e. The van der Waals surface area contributed by atoms with Crippen molar-refractivity contribution in [2.24, 2.45) is 0 Å². The number of carbonyl (C=O) groups is 3. The maximum atomic E-state index is 13.4. The van der Waals surface area contributed by atoms with E-state index in [9.17, 15) is 14.4 Å². The summed E-state index contributed by atoms with van der Waals surface area (Å²) in [6, 6.07) is 20.1. The van der Waals surface area contributed by atoms with Crippen molar-refractivity contribution >= 4 is 39.9 Å². The number of rotatable bonds is 3. The van der Waals surface area contributed by atoms with Crippen molar-refractivity contribution in [1.82, 2.24) is 5.32 Å². The molecule has 0 saturated carbocycles. The lowest BCUT2D eigenvalue weighted by molar-refractivity contribution is -0.134. The van der Waals surface area contributed by atoms with Gasteiger partial charge >= 0.3 is 0 Å². The number of imide groups is 1. The lowest BCUT2D eigenvalue weighted by Gasteiger charge is -2.30. The molecule has 6 nitrogen and oxygen atoms in total. The van der Waals surface area contributed by atoms with Crippen molar-refractivity contribution in [3.63, 3.8) is 0 Å². The number of piperidine rings is 1. The molecule has 3 aliphatic rings. The fraction of sp³-hybridized carbons (Fsp3) is 0.269. The minimum absolute atomic E-state index is 0.168. The molecule has 6 rings (SSSR count). The van der Waals surface area contributed by atoms with Crippen LogP contribution in [0.25, 0.3) is 10.8 Å². The Morgan fingerprint density at radius 1 is 0.812 bits per heavy atom. The highest BCUT2D eigenvalue weighted by molar-refractivity contribution is 6.28. The Morgan fingerprint density at radius 3 is 2.47 bits per heavy atom. The Labute approximate surface area is 185 Å². The van der Waals surface area contributed by atoms with E-state index in [0.29, 0.717) is 18.0 Å². The predicted octanol–water partition coefficient (Wildman–Crippen LogP) is 3.95. The molecule has 3 aromatic rings. The van der Waals surface area contributed by atoms with Crippen molar-refractivity contribution in [1.29, 1.82) is 0 Å². The molecular weight excluding hydrogens is 402 g/mol. The van der Waals surface area contributed by atoms with Gasteiger partial charge in [0, 0.05) is 29.4 Å². The highest BCUT2D eigenvalue weighted by Gasteiger charge is 2.41. The standard InChI is InChI=1S/C26H23N3O3/c30-23-14-13-22(25(31)27-23)29-21-9-4-8-17-20(12-11-18(24(17)21)26(29)32)28-15-5-10-19(28)16-6-2-1-3-7-16/h1-4,6-9,11-12,19,22H,5,10,13-15H2,(H,27,30,31)/t19-,22?/m0/s1. The summed E-state index contributed by atoms with van der Waals surface area (Å²) in [7, 11) is 0. The molecule has 0 spiro atoms. The lowest BCUT2D eigenvalue weighted by Crippen LogP contribution is -2.53. The van der Waals surface area contributed by atoms with E-state index in [1.165, 1.54) is 5.56 Å². The van der Waals surface area contributed by atoms with Crippen LogP contribution in [-0.2, 0) is 9.59 Å². The summed E-state index contributed by atoms with van der Waals surface area (Å²) in [4.78, 5) is 41.6. The number of amides is 3. The van der Waals surface area contributed by atoms with Crippen LogP contribution < -0.4 is 15.1 Å². The molecule has 2 atom stereocenters. The number of anilines is 2. The minimum Gasteiger partial charge on any atom is -0.364 e. The normalized spacial score (nSPS) is 22.7. The SMILES string of the molecule is O=C1CCC(N2C(=O)c3ccc(N4CCC[C@H]4c4ccccc4)c4cccc2c34)C(=O)N1. The van der Waals surface area contributed by atoms with Gasteiger partial charge in [0.15, 0.2) is 0 Å². The number of hydrogen-bond acceptors (Lipinski definition) is 4. The molecule has 0 bridgehead atoms. The monoisotopic (exact) mass is 425 g/mol. The van der Waals surface area contributed by atoms with Gasteiger partial charge in [-0.2, -0.15) is 0 Å². The van der Waals surface area contributed by atoms with Gasteiger partial charge in [-0.15, -0.1) is 0 Å². The van der Waals surface area contributed by atoms with Gasteiger partial charge in [0.2, 0.25) is 11.8 Å². The third kappa shape index (κ3) is 2.75. The van der Waals surface area contributed by atoms with Crippen molar-refractivity contribution in [2.75, 3.05) is 16.3 Å². The third-order valence-corrected chi connectivity index (χ3v) is 6.97. The first-order chi connectivity index (χ1) is 15.6. The summed E-state index contributed by atoms with van der Waals surface area (Å²) in [6.07, 6.45) is 2.79. The average Bonchev–Trinajstić information content (AvgIpc) is 3.40. The number of benzene rings is 3. The molecular formula is C26H23N3O3. The molecule has 0 radical (unpaired) electrons. The van der Waals surface area contributed by atoms with E-state index in [1.54, 1.807) is 4.90 Å². The molecule has 6 heteroatoms. The Morgan fingerprint density at radius 2 is 1.66 bits per heavy atom. The van der Waals surface area contributed by atoms with Crippen LogP contribution in [0.3, 0.4) is 0 Å². The van der Waals surface area contributed by atoms with Gasteiger partial charge in [-0.3, -0.25) is 24.6 Å². The highest BCUT2D eigenvalue weighted by atomic mass is 16.2. The van der Waals surface area contributed by atoms with Gasteiger partial charge in [-0.25, -0.2) is 0 Å². The second kappa shape index (κ2) is 7.19. The number of nitrogens with one attached hydrogen (secondary N) is 1. The molecule has 160 valence electrons. The van der Waals surface area contributed by atoms with E-state index in [-0.39, 0.29) is 18.2 Å². The van der Waals surface area contributed by atoms with Crippen LogP contribution in [0.1, 0.15) is 47.6 Å². The zero-order valence-electron chi connectivity index (χ0n) is 17.6. The van der Waals surface area contributed by atoms with Crippen molar-refractivity contribution in [2.45, 2.75) is 37.8 Å². The van der Waals surface area contributed by atoms with Gasteiger partial charge in [0.25, 0.3) is 5.91 Å². The van der Waals surface area contributed by atoms with Gasteiger partial charge in [0.1, 0.15) is 6.04 Å². The zero-order chi connectivity index (χ0) is 21.8. The fourth-order valence-electron chi connectivity index (χ4n) is 5.56. The highest BCUT2D eigenvalue weighted by Crippen LogP contribution is 2.46. The molecule has 32 heavy (non-hydrogen) atoms. The van der Waals surface area contributed by atoms with Gasteiger partial charge in [0.05, 0.1) is 17.3 Å². The summed E-state index contributed by atoms with van der Waals surface area (Å²) in [5, 5.41) is 4.32. The van der Waals surface area contributed by atoms with Crippen LogP contribution in [0.4, 0.5) is 11.4 Å². The summed E-state index contributed by atoms with van der Waals surface area (Å²) in [5.74, 6) is -0.849. The van der Waals surface area contributed by atoms with E-state index in [2.05, 4.69) is 46.6 Å². The minimum atomic E-state index is -0.662. The van der Waals surface area contributed by atoms with Crippen molar-refractivity contribution < 1.29 is 14.4 Å². The molecule has 2 saturated heterocycles. The van der Waals surface area contributed by atoms with Crippen LogP contribution in [-0.4, -0.2) is 30.3 Å². The maximum absolute atomic E-state index is 13.4. The number of carbonyl (C=O) groups excluding carboxylic acids is 3. The van der Waals surface area contributed by atoms with E-state index >= 15 is 0 Å². The van der Waals surface area contributed by atoms with Gasteiger partial charge in [-0.05, 0) is 43.0 Å². The Balaban J connectivity index is 1.45. The van der Waals surface area contributed by atoms with Crippen LogP contribution in [0.2, 0.25) is 0 Å². The molecule has 0 aliphatic carbocycles. The average molecular weight is 425 g/mol. The van der Waals surface area contributed by atoms with Crippen molar-refractivity contribution in [3.05, 3.63) is 71.8 Å². The van der Waals surface area contributed by atoms with Gasteiger partial charge < -0.3 is 4.90 Å². The van der Waals surface area contributed by atoms with E-state index < -0.39 is 11.9 Å². The van der Waals surface area contributed by atoms with Crippen LogP contribution >= 0.6 is 0 Å². The second-order valence-electron chi connectivity index (χ2n) is 8.74. The van der Waals surface area contributed by atoms with Crippen LogP contribution in [0.5, 0.6) is 0 Å². The van der Waals surface area contributed by atoms with Crippen LogP contribution in [0.15, 0.2) is 60.7 Å². The molecule has 2 fully saturated rings. The first-order valence-corrected chi connectivity index (χ1v) is 11.2. The summed E-state index contributed by atoms with van der Waals surface area (Å²) in [6.45, 7) is 0.961. The third-order valence-electron chi connectivity index (χ3n) is 6.97. The Hall–Kier alpha value is -3.67. The smallest absolute Gasteiger partial charge is 0.259 e. The van der Waals surface area contributed by atoms with Crippen LogP contribution in [0, 0.1) is 0 Å². The predicted molar refractivity (Wildman–Crippen MR) is 123 cm³/mol. The first-order valence-electron chi connectivity index (χ1n) is 11.2. The van der Waals surface area contributed by atoms with E-state index in [1.807, 2.05) is 24.3 Å². The molecule has 3 aromatic carbocycles. The lowest BCUT2D eigenvalue weighted by atomic mass is 10.0. The molecule has 3 aliphatic heterocycles. The Bertz CT molecular complexity index is 1270. The maximum Gasteiger partial charge on any atom is 0.259 e. The summed E-state index contributed by atoms with van der Waals surface area (Å²) in [5.41, 5.74) is 3.80. The quantitative estimate of drug-likeness (QED) is 0.645. The Kier molecular flexibility index (Phi) is 4.28. The van der Waals surface area contributed by atoms with E-state index in [0.717, 1.165) is 41.5 Å². The molecule has 3 amide bonds.